The van der Waals surface area contributed by atoms with Gasteiger partial charge in [0.05, 0.1) is 19.3 Å². The van der Waals surface area contributed by atoms with Crippen LogP contribution in [0.2, 0.25) is 0 Å². The van der Waals surface area contributed by atoms with Crippen molar-refractivity contribution in [2.45, 2.75) is 57.6 Å². The fourth-order valence-electron chi connectivity index (χ4n) is 4.54. The van der Waals surface area contributed by atoms with E-state index in [2.05, 4.69) is 5.32 Å². The monoisotopic (exact) mass is 446 g/mol. The maximum Gasteiger partial charge on any atom is 0.417 e. The second-order valence-electron chi connectivity index (χ2n) is 9.44. The standard InChI is InChI=1S/C23H30N2O7/c1-23(2,3)32-21(27)24-18(17-13-30-20-16(17)9-10-29-20)19(26)25-15(12-31-22(25)28)11-14-7-5-4-6-8-14/h4-8,15-18,20H,9-13H2,1-3H3,(H,24,27)/t15-,16-,17-,18-,20+/m0/s1. The van der Waals surface area contributed by atoms with Crippen LogP contribution in [-0.4, -0.2) is 66.8 Å². The van der Waals surface area contributed by atoms with Crippen molar-refractivity contribution in [3.63, 3.8) is 0 Å². The molecule has 3 aliphatic rings. The molecule has 32 heavy (non-hydrogen) atoms. The summed E-state index contributed by atoms with van der Waals surface area (Å²) < 4.78 is 21.9. The summed E-state index contributed by atoms with van der Waals surface area (Å²) in [5.74, 6) is -0.904. The van der Waals surface area contributed by atoms with Gasteiger partial charge in [0.15, 0.2) is 6.29 Å². The molecule has 0 aliphatic carbocycles. The Bertz CT molecular complexity index is 854. The lowest BCUT2D eigenvalue weighted by molar-refractivity contribution is -0.133. The fourth-order valence-corrected chi connectivity index (χ4v) is 4.54. The van der Waals surface area contributed by atoms with Crippen LogP contribution in [0.1, 0.15) is 32.8 Å². The Morgan fingerprint density at radius 3 is 2.66 bits per heavy atom. The van der Waals surface area contributed by atoms with Crippen molar-refractivity contribution in [1.82, 2.24) is 10.2 Å². The molecule has 3 aliphatic heterocycles. The molecule has 0 spiro atoms. The maximum absolute atomic E-state index is 13.7. The SMILES string of the molecule is CC(C)(C)OC(=O)N[C@H](C(=O)N1C(=O)OC[C@@H]1Cc1ccccc1)[C@H]1CO[C@H]2OCC[C@H]21. The van der Waals surface area contributed by atoms with E-state index in [0.717, 1.165) is 10.5 Å². The van der Waals surface area contributed by atoms with Gasteiger partial charge in [0.2, 0.25) is 0 Å². The zero-order chi connectivity index (χ0) is 22.9. The maximum atomic E-state index is 13.7. The zero-order valence-electron chi connectivity index (χ0n) is 18.6. The number of rotatable bonds is 5. The van der Waals surface area contributed by atoms with E-state index in [9.17, 15) is 14.4 Å². The largest absolute Gasteiger partial charge is 0.447 e. The zero-order valence-corrected chi connectivity index (χ0v) is 18.6. The Hall–Kier alpha value is -2.65. The van der Waals surface area contributed by atoms with E-state index in [4.69, 9.17) is 18.9 Å². The number of imide groups is 1. The minimum Gasteiger partial charge on any atom is -0.447 e. The molecule has 3 heterocycles. The normalized spacial score (nSPS) is 28.2. The third-order valence-electron chi connectivity index (χ3n) is 5.96. The third-order valence-corrected chi connectivity index (χ3v) is 5.96. The number of nitrogens with one attached hydrogen (secondary N) is 1. The number of hydrogen-bond acceptors (Lipinski definition) is 7. The van der Waals surface area contributed by atoms with Gasteiger partial charge in [0.1, 0.15) is 18.2 Å². The van der Waals surface area contributed by atoms with Crippen LogP contribution in [0.5, 0.6) is 0 Å². The minimum absolute atomic E-state index is 0.0508. The fraction of sp³-hybridized carbons (Fsp3) is 0.609. The Balaban J connectivity index is 1.56. The molecule has 9 heteroatoms. The van der Waals surface area contributed by atoms with Crippen molar-refractivity contribution >= 4 is 18.1 Å². The van der Waals surface area contributed by atoms with E-state index in [-0.39, 0.29) is 25.0 Å². The number of nitrogens with zero attached hydrogens (tertiary/aromatic N) is 1. The molecule has 1 N–H and O–H groups in total. The molecule has 0 bridgehead atoms. The highest BCUT2D eigenvalue weighted by Crippen LogP contribution is 2.38. The number of benzene rings is 1. The highest BCUT2D eigenvalue weighted by Gasteiger charge is 2.51. The van der Waals surface area contributed by atoms with Gasteiger partial charge in [-0.1, -0.05) is 30.3 Å². The van der Waals surface area contributed by atoms with Gasteiger partial charge < -0.3 is 24.3 Å². The molecular formula is C23H30N2O7. The van der Waals surface area contributed by atoms with Gasteiger partial charge >= 0.3 is 12.2 Å². The number of hydrogen-bond donors (Lipinski definition) is 1. The lowest BCUT2D eigenvalue weighted by atomic mass is 9.86. The number of amides is 3. The molecule has 3 saturated heterocycles. The van der Waals surface area contributed by atoms with Crippen LogP contribution >= 0.6 is 0 Å². The van der Waals surface area contributed by atoms with Crippen LogP contribution in [0.3, 0.4) is 0 Å². The summed E-state index contributed by atoms with van der Waals surface area (Å²) in [5.41, 5.74) is 0.254. The predicted molar refractivity (Wildman–Crippen MR) is 113 cm³/mol. The number of fused-ring (bicyclic) bond motifs is 1. The van der Waals surface area contributed by atoms with Gasteiger partial charge in [-0.15, -0.1) is 0 Å². The first kappa shape index (κ1) is 22.5. The van der Waals surface area contributed by atoms with Gasteiger partial charge in [-0.25, -0.2) is 14.5 Å². The van der Waals surface area contributed by atoms with Gasteiger partial charge in [0.25, 0.3) is 5.91 Å². The van der Waals surface area contributed by atoms with Gasteiger partial charge in [-0.05, 0) is 39.2 Å². The lowest BCUT2D eigenvalue weighted by Crippen LogP contribution is -2.56. The predicted octanol–water partition coefficient (Wildman–Crippen LogP) is 2.48. The summed E-state index contributed by atoms with van der Waals surface area (Å²) in [4.78, 5) is 40.0. The molecule has 0 unspecified atom stereocenters. The van der Waals surface area contributed by atoms with E-state index < -0.39 is 42.1 Å². The molecule has 1 aromatic carbocycles. The molecule has 5 atom stereocenters. The molecule has 174 valence electrons. The van der Waals surface area contributed by atoms with Crippen molar-refractivity contribution in [3.8, 4) is 0 Å². The lowest BCUT2D eigenvalue weighted by Gasteiger charge is -2.31. The summed E-state index contributed by atoms with van der Waals surface area (Å²) in [6, 6.07) is 8.14. The van der Waals surface area contributed by atoms with E-state index in [1.807, 2.05) is 30.3 Å². The van der Waals surface area contributed by atoms with Crippen molar-refractivity contribution in [1.29, 1.82) is 0 Å². The van der Waals surface area contributed by atoms with E-state index in [1.54, 1.807) is 20.8 Å². The Labute approximate surface area is 187 Å². The van der Waals surface area contributed by atoms with Gasteiger partial charge in [0, 0.05) is 11.8 Å². The second kappa shape index (κ2) is 9.07. The molecule has 0 saturated carbocycles. The first-order chi connectivity index (χ1) is 15.2. The van der Waals surface area contributed by atoms with Gasteiger partial charge in [-0.2, -0.15) is 0 Å². The summed E-state index contributed by atoms with van der Waals surface area (Å²) in [5, 5.41) is 2.71. The first-order valence-electron chi connectivity index (χ1n) is 11.0. The van der Waals surface area contributed by atoms with Crippen molar-refractivity contribution < 1.29 is 33.3 Å². The van der Waals surface area contributed by atoms with Crippen molar-refractivity contribution in [2.24, 2.45) is 11.8 Å². The van der Waals surface area contributed by atoms with Crippen LogP contribution < -0.4 is 5.32 Å². The number of ether oxygens (including phenoxy) is 4. The quantitative estimate of drug-likeness (QED) is 0.741. The van der Waals surface area contributed by atoms with E-state index >= 15 is 0 Å². The second-order valence-corrected chi connectivity index (χ2v) is 9.44. The molecular weight excluding hydrogens is 416 g/mol. The van der Waals surface area contributed by atoms with Crippen molar-refractivity contribution in [3.05, 3.63) is 35.9 Å². The molecule has 1 aromatic rings. The topological polar surface area (TPSA) is 103 Å². The van der Waals surface area contributed by atoms with Crippen LogP contribution in [0, 0.1) is 11.8 Å². The summed E-state index contributed by atoms with van der Waals surface area (Å²) in [6.07, 6.45) is -0.641. The highest BCUT2D eigenvalue weighted by atomic mass is 16.7. The van der Waals surface area contributed by atoms with E-state index in [0.29, 0.717) is 19.4 Å². The molecule has 4 rings (SSSR count). The Morgan fingerprint density at radius 1 is 1.19 bits per heavy atom. The van der Waals surface area contributed by atoms with Crippen LogP contribution in [0.4, 0.5) is 9.59 Å². The first-order valence-corrected chi connectivity index (χ1v) is 11.0. The number of carbonyl (C=O) groups is 3. The Kier molecular flexibility index (Phi) is 6.39. The number of cyclic esters (lactones) is 1. The number of alkyl carbamates (subject to hydrolysis) is 1. The van der Waals surface area contributed by atoms with Crippen LogP contribution in [-0.2, 0) is 30.2 Å². The average molecular weight is 447 g/mol. The van der Waals surface area contributed by atoms with Crippen molar-refractivity contribution in [2.75, 3.05) is 19.8 Å². The summed E-state index contributed by atoms with van der Waals surface area (Å²) in [6.45, 7) is 6.12. The molecule has 9 nitrogen and oxygen atoms in total. The molecule has 0 radical (unpaired) electrons. The molecule has 3 amide bonds. The average Bonchev–Trinajstić information content (AvgIpc) is 3.42. The third kappa shape index (κ3) is 4.88. The number of carbonyl (C=O) groups excluding carboxylic acids is 3. The molecule has 0 aromatic heterocycles. The minimum atomic E-state index is -0.995. The summed E-state index contributed by atoms with van der Waals surface area (Å²) in [7, 11) is 0. The van der Waals surface area contributed by atoms with Crippen LogP contribution in [0.25, 0.3) is 0 Å². The highest BCUT2D eigenvalue weighted by molar-refractivity contribution is 5.98. The Morgan fingerprint density at radius 2 is 1.94 bits per heavy atom. The van der Waals surface area contributed by atoms with Gasteiger partial charge in [-0.3, -0.25) is 4.79 Å². The smallest absolute Gasteiger partial charge is 0.417 e. The van der Waals surface area contributed by atoms with E-state index in [1.165, 1.54) is 0 Å². The van der Waals surface area contributed by atoms with Crippen LogP contribution in [0.15, 0.2) is 30.3 Å². The molecule has 3 fully saturated rings. The summed E-state index contributed by atoms with van der Waals surface area (Å²) >= 11 is 0.